The first-order chi connectivity index (χ1) is 49.6. The van der Waals surface area contributed by atoms with E-state index in [0.717, 1.165) is 64.2 Å². The van der Waals surface area contributed by atoms with Crippen molar-refractivity contribution < 1.29 is 110 Å². The lowest BCUT2D eigenvalue weighted by Gasteiger charge is -2.54. The molecule has 0 aromatic carbocycles. The van der Waals surface area contributed by atoms with Crippen LogP contribution < -0.4 is 0 Å². The lowest BCUT2D eigenvalue weighted by molar-refractivity contribution is -0.246. The Balaban J connectivity index is 0.000000134. The van der Waals surface area contributed by atoms with Crippen LogP contribution in [0.5, 0.6) is 0 Å². The van der Waals surface area contributed by atoms with Crippen LogP contribution >= 0.6 is 0 Å². The quantitative estimate of drug-likeness (QED) is 0.107. The van der Waals surface area contributed by atoms with Gasteiger partial charge in [0.15, 0.2) is 0 Å². The van der Waals surface area contributed by atoms with Crippen LogP contribution in [0.1, 0.15) is 324 Å². The standard InChI is InChI=1S/2C18H28O4.C17H24O6.C16H24O5.C16H24O4/c1-6-15(2,3)13(19)22-18-10-16(4)7-12(21-14(18)20)8-17(5,9-16)11-18;1-6-15(2,3)14(20)22-18-8-12-7-16(4,10-18)9-17(5,11-18)21-13(12)19;1-4-15(2,3)14(21)23-17-6-10-5-16(9-17,13(19)20)7-11(8-17)22-12(10)18;1-4-14(2,3)13(18)21-16-6-10-5-15(19,9-16)7-11(8-16)20-12(10)17;1-4-15(2,3)14(18)20-16-8-10-5-11(9-16)7-12(6-10)13(17)19-16/h2*12H,6-11H2,1-5H3;10-11H,4-9H2,1-3H3,(H,19,20);10-11,19H,4-9H2,1-3H3;10-12H,4-9H2,1-3H3. The van der Waals surface area contributed by atoms with Gasteiger partial charge in [-0.2, -0.15) is 0 Å². The van der Waals surface area contributed by atoms with E-state index < -0.39 is 89.9 Å². The smallest absolute Gasteiger partial charge is 0.350 e. The molecule has 23 heteroatoms. The van der Waals surface area contributed by atoms with Gasteiger partial charge < -0.3 is 57.6 Å². The van der Waals surface area contributed by atoms with Crippen LogP contribution in [0.2, 0.25) is 0 Å². The van der Waals surface area contributed by atoms with Gasteiger partial charge in [-0.1, -0.05) is 55.4 Å². The minimum Gasteiger partial charge on any atom is -0.481 e. The molecular formula is C85H128O23. The van der Waals surface area contributed by atoms with Gasteiger partial charge in [-0.15, -0.1) is 0 Å². The Hall–Kier alpha value is -5.87. The number of fused-ring (bicyclic) bond motifs is 5. The Morgan fingerprint density at radius 2 is 0.787 bits per heavy atom. The first-order valence-corrected chi connectivity index (χ1v) is 40.8. The maximum absolute atomic E-state index is 12.7. The van der Waals surface area contributed by atoms with Crippen LogP contribution in [-0.4, -0.2) is 134 Å². The fourth-order valence-electron chi connectivity index (χ4n) is 22.6. The van der Waals surface area contributed by atoms with Crippen molar-refractivity contribution in [1.82, 2.24) is 0 Å². The molecule has 20 rings (SSSR count). The second-order valence-electron chi connectivity index (χ2n) is 41.8. The Labute approximate surface area is 639 Å². The van der Waals surface area contributed by atoms with E-state index in [1.54, 1.807) is 0 Å². The van der Waals surface area contributed by atoms with E-state index in [2.05, 4.69) is 20.8 Å². The zero-order valence-electron chi connectivity index (χ0n) is 68.4. The van der Waals surface area contributed by atoms with Crippen LogP contribution in [0, 0.1) is 84.2 Å². The van der Waals surface area contributed by atoms with Gasteiger partial charge in [-0.3, -0.25) is 47.9 Å². The highest BCUT2D eigenvalue weighted by Gasteiger charge is 2.69. The molecule has 20 aliphatic rings. The zero-order chi connectivity index (χ0) is 79.8. The van der Waals surface area contributed by atoms with Crippen molar-refractivity contribution in [3.63, 3.8) is 0 Å². The number of hydrogen-bond donors (Lipinski definition) is 2. The third-order valence-electron chi connectivity index (χ3n) is 29.0. The molecule has 10 heterocycles. The average Bonchev–Trinajstić information content (AvgIpc) is 1.51. The summed E-state index contributed by atoms with van der Waals surface area (Å²) in [5, 5.41) is 20.5. The van der Waals surface area contributed by atoms with E-state index in [-0.39, 0.29) is 119 Å². The first-order valence-electron chi connectivity index (χ1n) is 40.8. The second kappa shape index (κ2) is 28.0. The number of hydrogen-bond acceptors (Lipinski definition) is 22. The highest BCUT2D eigenvalue weighted by molar-refractivity contribution is 5.87. The van der Waals surface area contributed by atoms with Crippen molar-refractivity contribution in [1.29, 1.82) is 0 Å². The van der Waals surface area contributed by atoms with E-state index in [9.17, 15) is 63.0 Å². The summed E-state index contributed by atoms with van der Waals surface area (Å²) in [5.41, 5.74) is -8.35. The molecule has 0 spiro atoms. The summed E-state index contributed by atoms with van der Waals surface area (Å²) in [6.45, 7) is 37.2. The molecule has 2 N–H and O–H groups in total. The third-order valence-corrected chi connectivity index (χ3v) is 29.0. The Morgan fingerprint density at radius 1 is 0.380 bits per heavy atom. The molecule has 606 valence electrons. The van der Waals surface area contributed by atoms with Gasteiger partial charge in [-0.05, 0) is 207 Å². The summed E-state index contributed by atoms with van der Waals surface area (Å²) >= 11 is 0. The normalized spacial score (nSPS) is 41.4. The molecule has 10 saturated heterocycles. The summed E-state index contributed by atoms with van der Waals surface area (Å²) in [6, 6.07) is 0. The SMILES string of the molecule is CCC(C)(C)C(=O)OC12CC3(C)CC(CC(C)(C3)C1)OC2=O.CCC(C)(C)C(=O)OC12CC3CC(C(=O)O)(CC(C1)C(=O)O3)C2.CCC(C)(C)C(=O)OC12CC3CC(C)(CC(C)(C1)OC3=O)C2.CCC(C)(C)C(=O)OC12CC3CC(CC(C3)C(=O)O1)C2.CCC(C)(C)C(=O)OC12CC3CC(O)(CC(C1)C(=O)O3)C2. The average molecular weight is 1520 g/mol. The van der Waals surface area contributed by atoms with Crippen LogP contribution in [0.4, 0.5) is 0 Å². The highest BCUT2D eigenvalue weighted by atomic mass is 16.7. The fourth-order valence-corrected chi connectivity index (χ4v) is 22.6. The molecule has 108 heavy (non-hydrogen) atoms. The van der Waals surface area contributed by atoms with Gasteiger partial charge in [0.05, 0.1) is 61.8 Å². The number of carboxylic acid groups (broad SMARTS) is 1. The molecule has 0 aromatic rings. The van der Waals surface area contributed by atoms with Crippen molar-refractivity contribution >= 4 is 65.7 Å². The molecule has 10 aliphatic carbocycles. The number of carbonyl (C=O) groups excluding carboxylic acids is 10. The first kappa shape index (κ1) is 83.1. The van der Waals surface area contributed by atoms with Crippen LogP contribution in [0.15, 0.2) is 0 Å². The number of aliphatic carboxylic acids is 1. The maximum atomic E-state index is 12.7. The van der Waals surface area contributed by atoms with E-state index in [1.165, 1.54) is 0 Å². The molecule has 0 amide bonds. The molecule has 16 atom stereocenters. The molecule has 16 unspecified atom stereocenters. The lowest BCUT2D eigenvalue weighted by atomic mass is 9.52. The van der Waals surface area contributed by atoms with Crippen LogP contribution in [0.25, 0.3) is 0 Å². The van der Waals surface area contributed by atoms with Gasteiger partial charge in [-0.25, -0.2) is 4.79 Å². The Morgan fingerprint density at radius 3 is 1.28 bits per heavy atom. The molecule has 0 radical (unpaired) electrons. The Bertz CT molecular complexity index is 3570. The Kier molecular flexibility index (Phi) is 21.6. The molecule has 10 aliphatic heterocycles. The molecular weight excluding hydrogens is 1390 g/mol. The number of carbonyl (C=O) groups is 11. The summed E-state index contributed by atoms with van der Waals surface area (Å²) in [6.07, 6.45) is 18.9. The highest BCUT2D eigenvalue weighted by Crippen LogP contribution is 2.65. The minimum absolute atomic E-state index is 0.0153. The van der Waals surface area contributed by atoms with Crippen LogP contribution in [-0.2, 0) is 100 Å². The van der Waals surface area contributed by atoms with Crippen molar-refractivity contribution in [3.05, 3.63) is 0 Å². The topological polar surface area (TPSA) is 321 Å². The predicted octanol–water partition coefficient (Wildman–Crippen LogP) is 14.5. The van der Waals surface area contributed by atoms with Crippen molar-refractivity contribution in [2.45, 2.75) is 382 Å². The molecule has 20 bridgehead atoms. The van der Waals surface area contributed by atoms with Crippen molar-refractivity contribution in [2.75, 3.05) is 0 Å². The molecule has 23 nitrogen and oxygen atoms in total. The van der Waals surface area contributed by atoms with E-state index >= 15 is 0 Å². The van der Waals surface area contributed by atoms with Crippen molar-refractivity contribution in [3.8, 4) is 0 Å². The van der Waals surface area contributed by atoms with E-state index in [1.807, 2.05) is 111 Å². The minimum atomic E-state index is -1.07. The van der Waals surface area contributed by atoms with Gasteiger partial charge in [0.25, 0.3) is 5.79 Å². The monoisotopic (exact) mass is 1520 g/mol. The summed E-state index contributed by atoms with van der Waals surface area (Å²) < 4.78 is 57.5. The molecule has 10 saturated carbocycles. The zero-order valence-corrected chi connectivity index (χ0v) is 68.4. The van der Waals surface area contributed by atoms with Gasteiger partial charge >= 0.3 is 65.7 Å². The lowest BCUT2D eigenvalue weighted by Crippen LogP contribution is -2.57. The van der Waals surface area contributed by atoms with Crippen molar-refractivity contribution in [2.24, 2.45) is 84.2 Å². The largest absolute Gasteiger partial charge is 0.481 e. The maximum Gasteiger partial charge on any atom is 0.350 e. The predicted molar refractivity (Wildman–Crippen MR) is 390 cm³/mol. The number of esters is 10. The number of ether oxygens (including phenoxy) is 10. The van der Waals surface area contributed by atoms with Gasteiger partial charge in [0.2, 0.25) is 5.60 Å². The second-order valence-corrected chi connectivity index (χ2v) is 41.8. The number of aliphatic hydroxyl groups is 1. The van der Waals surface area contributed by atoms with E-state index in [4.69, 9.17) is 47.4 Å². The summed E-state index contributed by atoms with van der Waals surface area (Å²) in [5.74, 6) is -4.29. The summed E-state index contributed by atoms with van der Waals surface area (Å²) in [7, 11) is 0. The summed E-state index contributed by atoms with van der Waals surface area (Å²) in [4.78, 5) is 136. The fraction of sp³-hybridized carbons (Fsp3) is 0.871. The third kappa shape index (κ3) is 16.5. The number of rotatable bonds is 16. The van der Waals surface area contributed by atoms with Gasteiger partial charge in [0.1, 0.15) is 40.7 Å². The van der Waals surface area contributed by atoms with Crippen LogP contribution in [0.3, 0.4) is 0 Å². The number of carboxylic acids is 1. The van der Waals surface area contributed by atoms with Gasteiger partial charge in [0, 0.05) is 89.9 Å². The molecule has 20 fully saturated rings. The van der Waals surface area contributed by atoms with E-state index in [0.29, 0.717) is 127 Å². The molecule has 0 aromatic heterocycles.